The number of benzene rings is 2. The number of fused-ring (bicyclic) bond motifs is 2. The predicted octanol–water partition coefficient (Wildman–Crippen LogP) is 3.45. The summed E-state index contributed by atoms with van der Waals surface area (Å²) in [5.74, 6) is -1.38. The van der Waals surface area contributed by atoms with Crippen LogP contribution in [0.2, 0.25) is 0 Å². The van der Waals surface area contributed by atoms with Crippen LogP contribution in [0.4, 0.5) is 0 Å². The van der Waals surface area contributed by atoms with Crippen LogP contribution >= 0.6 is 0 Å². The lowest BCUT2D eigenvalue weighted by Gasteiger charge is -2.28. The molecule has 2 aromatic rings. The van der Waals surface area contributed by atoms with Crippen molar-refractivity contribution in [1.29, 1.82) is 0 Å². The van der Waals surface area contributed by atoms with Crippen LogP contribution in [0, 0.1) is 0 Å². The second-order valence-electron chi connectivity index (χ2n) is 8.59. The van der Waals surface area contributed by atoms with E-state index < -0.39 is 11.9 Å². The molecule has 2 heterocycles. The van der Waals surface area contributed by atoms with Crippen LogP contribution in [0.5, 0.6) is 0 Å². The van der Waals surface area contributed by atoms with Crippen molar-refractivity contribution >= 4 is 34.9 Å². The van der Waals surface area contributed by atoms with E-state index in [1.54, 1.807) is 42.5 Å². The van der Waals surface area contributed by atoms with Gasteiger partial charge >= 0.3 is 11.9 Å². The van der Waals surface area contributed by atoms with E-state index in [-0.39, 0.29) is 37.6 Å². The largest absolute Gasteiger partial charge is 0.458 e. The Morgan fingerprint density at radius 3 is 2.05 bits per heavy atom. The molecule has 2 aromatic carbocycles. The lowest BCUT2D eigenvalue weighted by molar-refractivity contribution is -0.137. The minimum atomic E-state index is -0.535. The molecule has 0 aliphatic carbocycles. The highest BCUT2D eigenvalue weighted by atomic mass is 16.5. The Morgan fingerprint density at radius 2 is 1.41 bits per heavy atom. The van der Waals surface area contributed by atoms with Gasteiger partial charge in [-0.3, -0.25) is 9.59 Å². The molecule has 0 saturated heterocycles. The second-order valence-corrected chi connectivity index (χ2v) is 8.59. The molecule has 0 spiro atoms. The van der Waals surface area contributed by atoms with Crippen molar-refractivity contribution in [1.82, 2.24) is 10.6 Å². The van der Waals surface area contributed by atoms with Crippen molar-refractivity contribution < 1.29 is 28.7 Å². The highest BCUT2D eigenvalue weighted by Gasteiger charge is 2.28. The van der Waals surface area contributed by atoms with Crippen LogP contribution in [0.1, 0.15) is 51.6 Å². The number of hydrogen-bond acceptors (Lipinski definition) is 6. The van der Waals surface area contributed by atoms with Gasteiger partial charge in [0.25, 0.3) is 11.8 Å². The van der Waals surface area contributed by atoms with Gasteiger partial charge in [-0.05, 0) is 53.0 Å². The van der Waals surface area contributed by atoms with Gasteiger partial charge in [-0.1, -0.05) is 49.7 Å². The molecular weight excluding hydrogens is 472 g/mol. The molecule has 0 radical (unpaired) electrons. The molecule has 0 aromatic heterocycles. The van der Waals surface area contributed by atoms with Gasteiger partial charge in [0.15, 0.2) is 0 Å². The maximum Gasteiger partial charge on any atom is 0.331 e. The highest BCUT2D eigenvalue weighted by Crippen LogP contribution is 2.29. The van der Waals surface area contributed by atoms with Crippen molar-refractivity contribution in [3.63, 3.8) is 0 Å². The van der Waals surface area contributed by atoms with E-state index in [1.807, 2.05) is 25.1 Å². The Bertz CT molecular complexity index is 1310. The Labute approximate surface area is 215 Å². The third kappa shape index (κ3) is 6.22. The van der Waals surface area contributed by atoms with Gasteiger partial charge in [-0.2, -0.15) is 0 Å². The average Bonchev–Trinajstić information content (AvgIpc) is 2.90. The number of amides is 2. The summed E-state index contributed by atoms with van der Waals surface area (Å²) in [6, 6.07) is 14.0. The smallest absolute Gasteiger partial charge is 0.331 e. The average molecular weight is 501 g/mol. The third-order valence-electron chi connectivity index (χ3n) is 6.07. The number of esters is 2. The van der Waals surface area contributed by atoms with E-state index in [0.717, 1.165) is 17.6 Å². The zero-order valence-corrected chi connectivity index (χ0v) is 20.5. The van der Waals surface area contributed by atoms with Crippen molar-refractivity contribution in [2.75, 3.05) is 19.8 Å². The molecule has 4 rings (SSSR count). The summed E-state index contributed by atoms with van der Waals surface area (Å²) < 4.78 is 10.5. The highest BCUT2D eigenvalue weighted by molar-refractivity contribution is 6.07. The summed E-state index contributed by atoms with van der Waals surface area (Å²) in [5, 5.41) is 5.69. The Hall–Kier alpha value is -4.46. The zero-order chi connectivity index (χ0) is 26.2. The van der Waals surface area contributed by atoms with Gasteiger partial charge in [0, 0.05) is 29.8 Å². The predicted molar refractivity (Wildman–Crippen MR) is 138 cm³/mol. The quantitative estimate of drug-likeness (QED) is 0.326. The first-order valence-electron chi connectivity index (χ1n) is 12.2. The molecule has 2 amide bonds. The first-order chi connectivity index (χ1) is 18.0. The van der Waals surface area contributed by atoms with Crippen LogP contribution < -0.4 is 10.6 Å². The van der Waals surface area contributed by atoms with Crippen molar-refractivity contribution in [2.24, 2.45) is 0 Å². The number of ether oxygens (including phenoxy) is 2. The van der Waals surface area contributed by atoms with Crippen molar-refractivity contribution in [3.8, 4) is 0 Å². The molecule has 37 heavy (non-hydrogen) atoms. The molecular formula is C29H28N2O6. The molecule has 2 aliphatic rings. The number of nitrogens with one attached hydrogen (secondary N) is 2. The Morgan fingerprint density at radius 1 is 0.838 bits per heavy atom. The standard InChI is InChI=1S/C29H28N2O6/c1-2-9-25-24(21-11-4-6-13-23(21)29(35)31-25)17-27(33)37-15-8-7-14-36-26(32)16-19-18-30-28(34)22-12-5-3-10-20(19)22/h3-8,10-13,16-17,25H,2,9,14-15,18H2,1H3,(H,30,34)(H,31,35)/b8-7-,19-16+,24-17-/t25-/m0/s1. The van der Waals surface area contributed by atoms with Crippen LogP contribution in [-0.2, 0) is 19.1 Å². The molecule has 8 heteroatoms. The number of carbonyl (C=O) groups is 4. The molecule has 2 N–H and O–H groups in total. The summed E-state index contributed by atoms with van der Waals surface area (Å²) in [7, 11) is 0. The van der Waals surface area contributed by atoms with Gasteiger partial charge in [0.2, 0.25) is 0 Å². The molecule has 0 bridgehead atoms. The van der Waals surface area contributed by atoms with Crippen LogP contribution in [0.3, 0.4) is 0 Å². The molecule has 8 nitrogen and oxygen atoms in total. The third-order valence-corrected chi connectivity index (χ3v) is 6.07. The minimum absolute atomic E-state index is 0.00705. The summed E-state index contributed by atoms with van der Waals surface area (Å²) in [4.78, 5) is 49.0. The van der Waals surface area contributed by atoms with E-state index >= 15 is 0 Å². The topological polar surface area (TPSA) is 111 Å². The summed E-state index contributed by atoms with van der Waals surface area (Å²) in [6.07, 6.45) is 7.53. The van der Waals surface area contributed by atoms with E-state index in [4.69, 9.17) is 9.47 Å². The Balaban J connectivity index is 1.29. The summed E-state index contributed by atoms with van der Waals surface area (Å²) in [5.41, 5.74) is 3.90. The fraction of sp³-hybridized carbons (Fsp3) is 0.241. The first-order valence-corrected chi connectivity index (χ1v) is 12.2. The number of rotatable bonds is 8. The van der Waals surface area contributed by atoms with E-state index in [1.165, 1.54) is 12.2 Å². The minimum Gasteiger partial charge on any atom is -0.458 e. The lowest BCUT2D eigenvalue weighted by Crippen LogP contribution is -2.40. The van der Waals surface area contributed by atoms with Crippen molar-refractivity contribution in [2.45, 2.75) is 25.8 Å². The van der Waals surface area contributed by atoms with Gasteiger partial charge in [0.05, 0.1) is 6.04 Å². The molecule has 2 aliphatic heterocycles. The molecule has 0 fully saturated rings. The molecule has 1 atom stereocenters. The van der Waals surface area contributed by atoms with Crippen LogP contribution in [0.25, 0.3) is 11.1 Å². The van der Waals surface area contributed by atoms with Crippen LogP contribution in [-0.4, -0.2) is 49.6 Å². The summed E-state index contributed by atoms with van der Waals surface area (Å²) in [6.45, 7) is 2.28. The monoisotopic (exact) mass is 500 g/mol. The fourth-order valence-electron chi connectivity index (χ4n) is 4.33. The SMILES string of the molecule is CCC[C@@H]1NC(=O)c2ccccc2/C1=C/C(=O)OC/C=C\COC(=O)/C=C1\CNC(=O)c2ccccc21. The maximum absolute atomic E-state index is 12.5. The fourth-order valence-corrected chi connectivity index (χ4v) is 4.33. The molecule has 0 saturated carbocycles. The normalized spacial score (nSPS) is 18.7. The molecule has 190 valence electrons. The maximum atomic E-state index is 12.5. The number of hydrogen-bond donors (Lipinski definition) is 2. The summed E-state index contributed by atoms with van der Waals surface area (Å²) >= 11 is 0. The van der Waals surface area contributed by atoms with Gasteiger partial charge in [-0.15, -0.1) is 0 Å². The van der Waals surface area contributed by atoms with E-state index in [2.05, 4.69) is 10.6 Å². The second kappa shape index (κ2) is 12.0. The van der Waals surface area contributed by atoms with Crippen LogP contribution in [0.15, 0.2) is 72.8 Å². The van der Waals surface area contributed by atoms with E-state index in [0.29, 0.717) is 28.7 Å². The van der Waals surface area contributed by atoms with Gasteiger partial charge < -0.3 is 20.1 Å². The van der Waals surface area contributed by atoms with E-state index in [9.17, 15) is 19.2 Å². The van der Waals surface area contributed by atoms with Crippen molar-refractivity contribution in [3.05, 3.63) is 95.1 Å². The lowest BCUT2D eigenvalue weighted by atomic mass is 9.87. The first kappa shape index (κ1) is 25.6. The molecule has 0 unspecified atom stereocenters. The number of carbonyl (C=O) groups excluding carboxylic acids is 4. The zero-order valence-electron chi connectivity index (χ0n) is 20.5. The van der Waals surface area contributed by atoms with Gasteiger partial charge in [-0.25, -0.2) is 9.59 Å². The Kier molecular flexibility index (Phi) is 8.30. The van der Waals surface area contributed by atoms with Gasteiger partial charge in [0.1, 0.15) is 13.2 Å².